The molecular formula is C12H16N2O4S. The minimum Gasteiger partial charge on any atom is -0.466 e. The molecule has 0 bridgehead atoms. The molecule has 2 rings (SSSR count). The van der Waals surface area contributed by atoms with Gasteiger partial charge in [-0.15, -0.1) is 0 Å². The number of amides is 2. The summed E-state index contributed by atoms with van der Waals surface area (Å²) >= 11 is 0.785. The number of ether oxygens (including phenoxy) is 1. The van der Waals surface area contributed by atoms with E-state index < -0.39 is 11.9 Å². The van der Waals surface area contributed by atoms with Crippen LogP contribution in [-0.4, -0.2) is 53.8 Å². The number of likely N-dealkylation sites (tertiary alicyclic amines) is 1. The average molecular weight is 284 g/mol. The summed E-state index contributed by atoms with van der Waals surface area (Å²) in [5, 5.41) is -0.328. The largest absolute Gasteiger partial charge is 0.466 e. The van der Waals surface area contributed by atoms with E-state index in [1.807, 2.05) is 0 Å². The van der Waals surface area contributed by atoms with E-state index in [1.165, 1.54) is 18.4 Å². The molecule has 7 heteroatoms. The number of rotatable bonds is 3. The molecule has 19 heavy (non-hydrogen) atoms. The molecule has 0 saturated carbocycles. The zero-order chi connectivity index (χ0) is 13.8. The number of esters is 1. The van der Waals surface area contributed by atoms with Crippen LogP contribution >= 0.6 is 11.8 Å². The fraction of sp³-hybridized carbons (Fsp3) is 0.583. The SMILES string of the molecule is COC(=O)C=C1SC(=O)N(CN2CCCCC2)C1=O. The zero-order valence-electron chi connectivity index (χ0n) is 10.8. The Morgan fingerprint density at radius 2 is 2.00 bits per heavy atom. The first-order valence-electron chi connectivity index (χ1n) is 6.17. The molecule has 0 radical (unpaired) electrons. The molecule has 0 aromatic heterocycles. The van der Waals surface area contributed by atoms with E-state index in [9.17, 15) is 14.4 Å². The van der Waals surface area contributed by atoms with Gasteiger partial charge in [-0.3, -0.25) is 19.4 Å². The zero-order valence-corrected chi connectivity index (χ0v) is 11.6. The first kappa shape index (κ1) is 14.1. The minimum atomic E-state index is -0.622. The van der Waals surface area contributed by atoms with Gasteiger partial charge in [-0.2, -0.15) is 0 Å². The molecule has 0 aromatic carbocycles. The second-order valence-corrected chi connectivity index (χ2v) is 5.45. The molecule has 0 spiro atoms. The number of piperidine rings is 1. The van der Waals surface area contributed by atoms with E-state index in [-0.39, 0.29) is 10.1 Å². The number of carbonyl (C=O) groups is 3. The molecule has 0 aliphatic carbocycles. The molecule has 2 fully saturated rings. The second-order valence-electron chi connectivity index (χ2n) is 4.45. The molecule has 2 aliphatic rings. The van der Waals surface area contributed by atoms with Crippen LogP contribution in [0.1, 0.15) is 19.3 Å². The van der Waals surface area contributed by atoms with Gasteiger partial charge in [0.2, 0.25) is 0 Å². The number of hydrogen-bond donors (Lipinski definition) is 0. The van der Waals surface area contributed by atoms with Gasteiger partial charge in [0.25, 0.3) is 11.1 Å². The van der Waals surface area contributed by atoms with Gasteiger partial charge < -0.3 is 4.74 Å². The summed E-state index contributed by atoms with van der Waals surface area (Å²) in [6, 6.07) is 0. The van der Waals surface area contributed by atoms with Crippen LogP contribution in [0.3, 0.4) is 0 Å². The smallest absolute Gasteiger partial charge is 0.331 e. The summed E-state index contributed by atoms with van der Waals surface area (Å²) in [4.78, 5) is 38.3. The van der Waals surface area contributed by atoms with Crippen LogP contribution in [0.4, 0.5) is 4.79 Å². The molecule has 2 heterocycles. The number of nitrogens with zero attached hydrogens (tertiary/aromatic N) is 2. The van der Waals surface area contributed by atoms with Crippen LogP contribution < -0.4 is 0 Å². The molecule has 0 unspecified atom stereocenters. The van der Waals surface area contributed by atoms with Gasteiger partial charge >= 0.3 is 5.97 Å². The summed E-state index contributed by atoms with van der Waals surface area (Å²) in [6.45, 7) is 2.11. The van der Waals surface area contributed by atoms with Gasteiger partial charge in [-0.1, -0.05) is 6.42 Å². The van der Waals surface area contributed by atoms with Crippen LogP contribution in [0.25, 0.3) is 0 Å². The van der Waals surface area contributed by atoms with E-state index in [4.69, 9.17) is 0 Å². The van der Waals surface area contributed by atoms with Gasteiger partial charge in [0.05, 0.1) is 18.7 Å². The molecule has 104 valence electrons. The molecule has 0 aromatic rings. The normalized spacial score (nSPS) is 23.2. The highest BCUT2D eigenvalue weighted by atomic mass is 32.2. The highest BCUT2D eigenvalue weighted by molar-refractivity contribution is 8.18. The van der Waals surface area contributed by atoms with Gasteiger partial charge in [0.1, 0.15) is 0 Å². The Morgan fingerprint density at radius 3 is 2.63 bits per heavy atom. The Kier molecular flexibility index (Phi) is 4.60. The van der Waals surface area contributed by atoms with Crippen LogP contribution in [0.2, 0.25) is 0 Å². The van der Waals surface area contributed by atoms with Crippen molar-refractivity contribution in [3.05, 3.63) is 11.0 Å². The summed E-state index contributed by atoms with van der Waals surface area (Å²) in [5.41, 5.74) is 0. The average Bonchev–Trinajstić information content (AvgIpc) is 2.67. The highest BCUT2D eigenvalue weighted by Gasteiger charge is 2.36. The van der Waals surface area contributed by atoms with Crippen LogP contribution in [-0.2, 0) is 14.3 Å². The minimum absolute atomic E-state index is 0.133. The summed E-state index contributed by atoms with van der Waals surface area (Å²) < 4.78 is 4.46. The predicted molar refractivity (Wildman–Crippen MR) is 70.2 cm³/mol. The number of carbonyl (C=O) groups excluding carboxylic acids is 3. The third-order valence-corrected chi connectivity index (χ3v) is 4.02. The third-order valence-electron chi connectivity index (χ3n) is 3.11. The first-order chi connectivity index (χ1) is 9.11. The van der Waals surface area contributed by atoms with Crippen molar-refractivity contribution < 1.29 is 19.1 Å². The highest BCUT2D eigenvalue weighted by Crippen LogP contribution is 2.30. The summed E-state index contributed by atoms with van der Waals surface area (Å²) in [6.07, 6.45) is 4.45. The maximum atomic E-state index is 12.0. The van der Waals surface area contributed by atoms with Gasteiger partial charge in [-0.05, 0) is 37.7 Å². The van der Waals surface area contributed by atoms with Crippen molar-refractivity contribution in [2.24, 2.45) is 0 Å². The fourth-order valence-corrected chi connectivity index (χ4v) is 2.88. The number of thioether (sulfide) groups is 1. The Hall–Kier alpha value is -1.34. The van der Waals surface area contributed by atoms with Crippen molar-refractivity contribution in [3.63, 3.8) is 0 Å². The Morgan fingerprint density at radius 1 is 1.32 bits per heavy atom. The third kappa shape index (κ3) is 3.36. The molecule has 0 N–H and O–H groups in total. The fourth-order valence-electron chi connectivity index (χ4n) is 2.09. The van der Waals surface area contributed by atoms with E-state index in [1.54, 1.807) is 0 Å². The van der Waals surface area contributed by atoms with E-state index in [2.05, 4.69) is 9.64 Å². The quantitative estimate of drug-likeness (QED) is 0.573. The molecule has 0 atom stereocenters. The number of methoxy groups -OCH3 is 1. The monoisotopic (exact) mass is 284 g/mol. The Labute approximate surface area is 115 Å². The maximum absolute atomic E-state index is 12.0. The van der Waals surface area contributed by atoms with Gasteiger partial charge in [-0.25, -0.2) is 4.79 Å². The molecule has 2 amide bonds. The van der Waals surface area contributed by atoms with Crippen molar-refractivity contribution in [3.8, 4) is 0 Å². The molecule has 6 nitrogen and oxygen atoms in total. The van der Waals surface area contributed by atoms with Crippen molar-refractivity contribution >= 4 is 28.9 Å². The summed E-state index contributed by atoms with van der Waals surface area (Å²) in [5.74, 6) is -1.03. The topological polar surface area (TPSA) is 66.9 Å². The lowest BCUT2D eigenvalue weighted by Crippen LogP contribution is -2.42. The van der Waals surface area contributed by atoms with Crippen LogP contribution in [0.5, 0.6) is 0 Å². The molecule has 2 aliphatic heterocycles. The maximum Gasteiger partial charge on any atom is 0.331 e. The van der Waals surface area contributed by atoms with E-state index >= 15 is 0 Å². The lowest BCUT2D eigenvalue weighted by molar-refractivity contribution is -0.135. The number of hydrogen-bond acceptors (Lipinski definition) is 6. The molecular weight excluding hydrogens is 268 g/mol. The standard InChI is InChI=1S/C12H16N2O4S/c1-18-10(15)7-9-11(16)14(12(17)19-9)8-13-5-3-2-4-6-13/h7H,2-6,8H2,1H3. The first-order valence-corrected chi connectivity index (χ1v) is 6.99. The van der Waals surface area contributed by atoms with Crippen LogP contribution in [0, 0.1) is 0 Å². The lowest BCUT2D eigenvalue weighted by Gasteiger charge is -2.29. The second kappa shape index (κ2) is 6.21. The van der Waals surface area contributed by atoms with Gasteiger partial charge in [0.15, 0.2) is 0 Å². The summed E-state index contributed by atoms with van der Waals surface area (Å²) in [7, 11) is 1.23. The predicted octanol–water partition coefficient (Wildman–Crippen LogP) is 1.18. The Balaban J connectivity index is 2.01. The van der Waals surface area contributed by atoms with Crippen molar-refractivity contribution in [1.82, 2.24) is 9.80 Å². The van der Waals surface area contributed by atoms with Crippen molar-refractivity contribution in [1.29, 1.82) is 0 Å². The van der Waals surface area contributed by atoms with Crippen LogP contribution in [0.15, 0.2) is 11.0 Å². The molecule has 2 saturated heterocycles. The number of imide groups is 1. The van der Waals surface area contributed by atoms with Crippen molar-refractivity contribution in [2.75, 3.05) is 26.9 Å². The Bertz CT molecular complexity index is 429. The van der Waals surface area contributed by atoms with E-state index in [0.29, 0.717) is 6.67 Å². The van der Waals surface area contributed by atoms with Gasteiger partial charge in [0, 0.05) is 6.08 Å². The van der Waals surface area contributed by atoms with E-state index in [0.717, 1.165) is 43.8 Å². The van der Waals surface area contributed by atoms with Crippen molar-refractivity contribution in [2.45, 2.75) is 19.3 Å². The lowest BCUT2D eigenvalue weighted by atomic mass is 10.1.